The van der Waals surface area contributed by atoms with Gasteiger partial charge < -0.3 is 4.74 Å². The molecule has 0 saturated carbocycles. The van der Waals surface area contributed by atoms with Crippen molar-refractivity contribution in [2.45, 2.75) is 6.92 Å². The van der Waals surface area contributed by atoms with Crippen LogP contribution in [0.5, 0.6) is 0 Å². The Morgan fingerprint density at radius 3 is 2.62 bits per heavy atom. The molecule has 3 aromatic rings. The van der Waals surface area contributed by atoms with Gasteiger partial charge in [-0.25, -0.2) is 9.48 Å². The zero-order chi connectivity index (χ0) is 18.7. The van der Waals surface area contributed by atoms with Crippen LogP contribution in [0.3, 0.4) is 0 Å². The first-order valence-electron chi connectivity index (χ1n) is 7.79. The number of aryl methyl sites for hydroxylation is 1. The standard InChI is InChI=1S/C19H16ClN3O3/c1-12-17(11-21-15-8-6-13(7-9-15)19(25)26-2)18(24)23(22-12)16-5-3-4-14(20)10-16/h3-11,22H,1-2H3. The maximum Gasteiger partial charge on any atom is 0.337 e. The number of methoxy groups -OCH3 is 1. The van der Waals surface area contributed by atoms with E-state index in [2.05, 4.69) is 14.8 Å². The third kappa shape index (κ3) is 3.60. The lowest BCUT2D eigenvalue weighted by molar-refractivity contribution is 0.0601. The number of nitrogens with zero attached hydrogens (tertiary/aromatic N) is 2. The van der Waals surface area contributed by atoms with Crippen molar-refractivity contribution in [1.82, 2.24) is 9.78 Å². The summed E-state index contributed by atoms with van der Waals surface area (Å²) in [6, 6.07) is 13.6. The number of carbonyl (C=O) groups excluding carboxylic acids is 1. The van der Waals surface area contributed by atoms with E-state index in [0.717, 1.165) is 0 Å². The highest BCUT2D eigenvalue weighted by atomic mass is 35.5. The van der Waals surface area contributed by atoms with Crippen LogP contribution in [0, 0.1) is 6.92 Å². The van der Waals surface area contributed by atoms with Gasteiger partial charge in [0.25, 0.3) is 5.56 Å². The number of rotatable bonds is 4. The summed E-state index contributed by atoms with van der Waals surface area (Å²) in [5.74, 6) is -0.411. The normalized spacial score (nSPS) is 11.0. The fourth-order valence-electron chi connectivity index (χ4n) is 2.45. The Balaban J connectivity index is 1.90. The van der Waals surface area contributed by atoms with Crippen LogP contribution in [0.4, 0.5) is 5.69 Å². The Bertz CT molecular complexity index is 1030. The van der Waals surface area contributed by atoms with E-state index in [9.17, 15) is 9.59 Å². The van der Waals surface area contributed by atoms with E-state index < -0.39 is 5.97 Å². The van der Waals surface area contributed by atoms with Crippen LogP contribution >= 0.6 is 11.6 Å². The van der Waals surface area contributed by atoms with Crippen LogP contribution in [-0.2, 0) is 4.74 Å². The maximum absolute atomic E-state index is 12.6. The fourth-order valence-corrected chi connectivity index (χ4v) is 2.63. The van der Waals surface area contributed by atoms with Gasteiger partial charge in [0.1, 0.15) is 0 Å². The van der Waals surface area contributed by atoms with Crippen molar-refractivity contribution in [3.8, 4) is 5.69 Å². The molecule has 0 radical (unpaired) electrons. The highest BCUT2D eigenvalue weighted by molar-refractivity contribution is 6.30. The molecule has 0 aliphatic heterocycles. The Labute approximate surface area is 154 Å². The second-order valence-electron chi connectivity index (χ2n) is 5.57. The molecule has 3 rings (SSSR count). The summed E-state index contributed by atoms with van der Waals surface area (Å²) in [5, 5.41) is 3.56. The Hall–Kier alpha value is -3.12. The highest BCUT2D eigenvalue weighted by Gasteiger charge is 2.11. The molecule has 0 saturated heterocycles. The number of hydrogen-bond donors (Lipinski definition) is 1. The largest absolute Gasteiger partial charge is 0.465 e. The monoisotopic (exact) mass is 369 g/mol. The fraction of sp³-hybridized carbons (Fsp3) is 0.105. The van der Waals surface area contributed by atoms with Gasteiger partial charge in [-0.05, 0) is 49.4 Å². The second-order valence-corrected chi connectivity index (χ2v) is 6.00. The number of aromatic amines is 1. The van der Waals surface area contributed by atoms with Crippen LogP contribution in [0.1, 0.15) is 21.6 Å². The number of esters is 1. The minimum atomic E-state index is -0.411. The Kier molecular flexibility index (Phi) is 5.04. The average molecular weight is 370 g/mol. The molecule has 26 heavy (non-hydrogen) atoms. The van der Waals surface area contributed by atoms with Gasteiger partial charge in [0.2, 0.25) is 0 Å². The summed E-state index contributed by atoms with van der Waals surface area (Å²) in [4.78, 5) is 28.4. The lowest BCUT2D eigenvalue weighted by Crippen LogP contribution is -2.17. The van der Waals surface area contributed by atoms with Crippen molar-refractivity contribution in [2.24, 2.45) is 4.99 Å². The second kappa shape index (κ2) is 7.41. The third-order valence-electron chi connectivity index (χ3n) is 3.81. The van der Waals surface area contributed by atoms with Crippen LogP contribution in [0.25, 0.3) is 5.69 Å². The number of hydrogen-bond acceptors (Lipinski definition) is 4. The van der Waals surface area contributed by atoms with Crippen LogP contribution in [0.15, 0.2) is 58.3 Å². The Morgan fingerprint density at radius 2 is 1.96 bits per heavy atom. The molecule has 7 heteroatoms. The van der Waals surface area contributed by atoms with E-state index in [4.69, 9.17) is 11.6 Å². The minimum absolute atomic E-state index is 0.223. The number of carbonyl (C=O) groups is 1. The number of benzene rings is 2. The molecule has 1 aromatic heterocycles. The third-order valence-corrected chi connectivity index (χ3v) is 4.05. The molecule has 6 nitrogen and oxygen atoms in total. The van der Waals surface area contributed by atoms with Gasteiger partial charge >= 0.3 is 5.97 Å². The molecule has 1 heterocycles. The van der Waals surface area contributed by atoms with Crippen molar-refractivity contribution < 1.29 is 9.53 Å². The van der Waals surface area contributed by atoms with Gasteiger partial charge in [0.15, 0.2) is 0 Å². The summed E-state index contributed by atoms with van der Waals surface area (Å²) in [6.07, 6.45) is 1.50. The van der Waals surface area contributed by atoms with Crippen molar-refractivity contribution in [1.29, 1.82) is 0 Å². The van der Waals surface area contributed by atoms with E-state index in [1.54, 1.807) is 55.5 Å². The molecule has 0 unspecified atom stereocenters. The van der Waals surface area contributed by atoms with Gasteiger partial charge in [-0.3, -0.25) is 14.9 Å². The first-order chi connectivity index (χ1) is 12.5. The summed E-state index contributed by atoms with van der Waals surface area (Å²) in [6.45, 7) is 1.80. The molecule has 0 fully saturated rings. The van der Waals surface area contributed by atoms with Crippen LogP contribution < -0.4 is 5.56 Å². The zero-order valence-corrected chi connectivity index (χ0v) is 14.9. The summed E-state index contributed by atoms with van der Waals surface area (Å²) in [7, 11) is 1.33. The zero-order valence-electron chi connectivity index (χ0n) is 14.2. The molecular formula is C19H16ClN3O3. The van der Waals surface area contributed by atoms with Crippen LogP contribution in [-0.4, -0.2) is 29.1 Å². The number of nitrogens with one attached hydrogen (secondary N) is 1. The summed E-state index contributed by atoms with van der Waals surface area (Å²) < 4.78 is 6.07. The van der Waals surface area contributed by atoms with E-state index >= 15 is 0 Å². The number of aliphatic imine (C=N–C) groups is 1. The first-order valence-corrected chi connectivity index (χ1v) is 8.17. The van der Waals surface area contributed by atoms with Gasteiger partial charge in [-0.2, -0.15) is 0 Å². The molecular weight excluding hydrogens is 354 g/mol. The first kappa shape index (κ1) is 17.7. The van der Waals surface area contributed by atoms with Crippen molar-refractivity contribution in [3.63, 3.8) is 0 Å². The van der Waals surface area contributed by atoms with Crippen LogP contribution in [0.2, 0.25) is 5.02 Å². The van der Waals surface area contributed by atoms with Gasteiger partial charge in [0.05, 0.1) is 29.6 Å². The SMILES string of the molecule is COC(=O)c1ccc(N=Cc2c(C)[nH]n(-c3cccc(Cl)c3)c2=O)cc1. The number of aromatic nitrogens is 2. The van der Waals surface area contributed by atoms with Crippen molar-refractivity contribution in [3.05, 3.63) is 80.7 Å². The molecule has 0 spiro atoms. The van der Waals surface area contributed by atoms with E-state index in [1.807, 2.05) is 0 Å². The molecule has 0 aliphatic carbocycles. The molecule has 0 amide bonds. The van der Waals surface area contributed by atoms with Gasteiger partial charge in [-0.15, -0.1) is 0 Å². The van der Waals surface area contributed by atoms with Crippen molar-refractivity contribution in [2.75, 3.05) is 7.11 Å². The molecule has 132 valence electrons. The topological polar surface area (TPSA) is 76.4 Å². The lowest BCUT2D eigenvalue weighted by Gasteiger charge is -2.01. The number of H-pyrrole nitrogens is 1. The number of ether oxygens (including phenoxy) is 1. The van der Waals surface area contributed by atoms with Gasteiger partial charge in [-0.1, -0.05) is 17.7 Å². The smallest absolute Gasteiger partial charge is 0.337 e. The van der Waals surface area contributed by atoms with Crippen molar-refractivity contribution >= 4 is 29.5 Å². The van der Waals surface area contributed by atoms with E-state index in [-0.39, 0.29) is 5.56 Å². The molecule has 2 aromatic carbocycles. The lowest BCUT2D eigenvalue weighted by atomic mass is 10.2. The predicted octanol–water partition coefficient (Wildman–Crippen LogP) is 3.66. The molecule has 0 atom stereocenters. The van der Waals surface area contributed by atoms with E-state index in [0.29, 0.717) is 33.2 Å². The molecule has 0 aliphatic rings. The summed E-state index contributed by atoms with van der Waals surface area (Å²) >= 11 is 5.99. The quantitative estimate of drug-likeness (QED) is 0.563. The van der Waals surface area contributed by atoms with Gasteiger partial charge in [0, 0.05) is 16.9 Å². The number of halogens is 1. The predicted molar refractivity (Wildman–Crippen MR) is 101 cm³/mol. The summed E-state index contributed by atoms with van der Waals surface area (Å²) in [5.41, 5.74) is 2.61. The Morgan fingerprint density at radius 1 is 1.23 bits per heavy atom. The average Bonchev–Trinajstić information content (AvgIpc) is 2.94. The highest BCUT2D eigenvalue weighted by Crippen LogP contribution is 2.15. The van der Waals surface area contributed by atoms with E-state index in [1.165, 1.54) is 18.0 Å². The molecule has 1 N–H and O–H groups in total. The maximum atomic E-state index is 12.6. The molecule has 0 bridgehead atoms. The minimum Gasteiger partial charge on any atom is -0.465 e.